The van der Waals surface area contributed by atoms with Gasteiger partial charge in [-0.3, -0.25) is 0 Å². The fraction of sp³-hybridized carbons (Fsp3) is 1.00. The predicted molar refractivity (Wildman–Crippen MR) is 56.2 cm³/mol. The first kappa shape index (κ1) is 13.3. The summed E-state index contributed by atoms with van der Waals surface area (Å²) in [7, 11) is 0. The second-order valence-corrected chi connectivity index (χ2v) is 5.10. The van der Waals surface area contributed by atoms with Crippen LogP contribution in [0.1, 0.15) is 38.5 Å². The summed E-state index contributed by atoms with van der Waals surface area (Å²) < 4.78 is 40.9. The van der Waals surface area contributed by atoms with Crippen molar-refractivity contribution in [2.45, 2.75) is 55.6 Å². The molecule has 2 unspecified atom stereocenters. The number of hydrogen-bond acceptors (Lipinski definition) is 1. The summed E-state index contributed by atoms with van der Waals surface area (Å²) in [5.74, 6) is 0. The monoisotopic (exact) mass is 288 g/mol. The summed E-state index contributed by atoms with van der Waals surface area (Å²) in [5, 5.41) is 0. The van der Waals surface area contributed by atoms with Crippen molar-refractivity contribution in [3.05, 3.63) is 0 Å². The van der Waals surface area contributed by atoms with E-state index in [-0.39, 0.29) is 19.1 Å². The first-order chi connectivity index (χ1) is 6.99. The Bertz CT molecular complexity index is 184. The van der Waals surface area contributed by atoms with E-state index in [1.165, 1.54) is 6.42 Å². The highest BCUT2D eigenvalue weighted by Gasteiger charge is 2.27. The van der Waals surface area contributed by atoms with E-state index in [1.54, 1.807) is 0 Å². The molecular weight excluding hydrogens is 273 g/mol. The third-order valence-electron chi connectivity index (χ3n) is 2.56. The van der Waals surface area contributed by atoms with Crippen molar-refractivity contribution in [3.8, 4) is 0 Å². The van der Waals surface area contributed by atoms with Gasteiger partial charge in [0.1, 0.15) is 0 Å². The zero-order chi connectivity index (χ0) is 11.3. The number of ether oxygens (including phenoxy) is 1. The van der Waals surface area contributed by atoms with E-state index in [4.69, 9.17) is 4.74 Å². The molecule has 0 heterocycles. The maximum Gasteiger partial charge on any atom is 0.389 e. The predicted octanol–water partition coefficient (Wildman–Crippen LogP) is 4.05. The molecule has 0 aromatic rings. The second kappa shape index (κ2) is 6.09. The normalized spacial score (nSPS) is 28.0. The quantitative estimate of drug-likeness (QED) is 0.560. The van der Waals surface area contributed by atoms with Gasteiger partial charge in [-0.25, -0.2) is 0 Å². The molecule has 2 atom stereocenters. The van der Waals surface area contributed by atoms with Crippen LogP contribution in [0.5, 0.6) is 0 Å². The standard InChI is InChI=1S/C10H16BrF3O/c11-8-4-1-2-5-9(8)15-7-3-6-10(12,13)14/h8-9H,1-7H2. The Hall–Kier alpha value is 0.230. The Morgan fingerprint density at radius 1 is 1.20 bits per heavy atom. The van der Waals surface area contributed by atoms with Crippen molar-refractivity contribution in [1.29, 1.82) is 0 Å². The minimum atomic E-state index is -4.05. The zero-order valence-electron chi connectivity index (χ0n) is 8.52. The third kappa shape index (κ3) is 5.76. The summed E-state index contributed by atoms with van der Waals surface area (Å²) >= 11 is 3.50. The molecule has 0 saturated heterocycles. The minimum absolute atomic E-state index is 0.0692. The van der Waals surface area contributed by atoms with Crippen LogP contribution < -0.4 is 0 Å². The molecule has 0 aromatic carbocycles. The fourth-order valence-corrected chi connectivity index (χ4v) is 2.49. The van der Waals surface area contributed by atoms with Gasteiger partial charge in [0.15, 0.2) is 0 Å². The molecule has 0 aromatic heterocycles. The fourth-order valence-electron chi connectivity index (χ4n) is 1.75. The Kier molecular flexibility index (Phi) is 5.39. The highest BCUT2D eigenvalue weighted by atomic mass is 79.9. The van der Waals surface area contributed by atoms with E-state index < -0.39 is 12.6 Å². The van der Waals surface area contributed by atoms with Crippen molar-refractivity contribution >= 4 is 15.9 Å². The van der Waals surface area contributed by atoms with Gasteiger partial charge in [0.25, 0.3) is 0 Å². The number of rotatable bonds is 4. The second-order valence-electron chi connectivity index (χ2n) is 3.93. The van der Waals surface area contributed by atoms with E-state index in [2.05, 4.69) is 15.9 Å². The summed E-state index contributed by atoms with van der Waals surface area (Å²) in [6.45, 7) is 0.215. The molecule has 0 N–H and O–H groups in total. The van der Waals surface area contributed by atoms with Crippen LogP contribution in [0.3, 0.4) is 0 Å². The maximum atomic E-state index is 11.8. The van der Waals surface area contributed by atoms with Crippen LogP contribution in [-0.4, -0.2) is 23.7 Å². The number of halogens is 4. The van der Waals surface area contributed by atoms with Gasteiger partial charge in [0, 0.05) is 17.9 Å². The molecule has 5 heteroatoms. The topological polar surface area (TPSA) is 9.23 Å². The van der Waals surface area contributed by atoms with E-state index in [1.807, 2.05) is 0 Å². The SMILES string of the molecule is FC(F)(F)CCCOC1CCCCC1Br. The molecule has 1 aliphatic carbocycles. The molecule has 1 aliphatic rings. The summed E-state index contributed by atoms with van der Waals surface area (Å²) in [6, 6.07) is 0. The van der Waals surface area contributed by atoms with Crippen LogP contribution in [0.2, 0.25) is 0 Å². The molecular formula is C10H16BrF3O. The lowest BCUT2D eigenvalue weighted by molar-refractivity contribution is -0.139. The highest BCUT2D eigenvalue weighted by molar-refractivity contribution is 9.09. The largest absolute Gasteiger partial charge is 0.389 e. The van der Waals surface area contributed by atoms with Crippen LogP contribution in [0, 0.1) is 0 Å². The molecule has 0 spiro atoms. The van der Waals surface area contributed by atoms with Crippen LogP contribution in [0.15, 0.2) is 0 Å². The lowest BCUT2D eigenvalue weighted by Crippen LogP contribution is -2.28. The first-order valence-corrected chi connectivity index (χ1v) is 6.23. The smallest absolute Gasteiger partial charge is 0.377 e. The summed E-state index contributed by atoms with van der Waals surface area (Å²) in [4.78, 5) is 0.317. The molecule has 1 nitrogen and oxygen atoms in total. The molecule has 0 aliphatic heterocycles. The minimum Gasteiger partial charge on any atom is -0.377 e. The molecule has 1 rings (SSSR count). The highest BCUT2D eigenvalue weighted by Crippen LogP contribution is 2.27. The summed E-state index contributed by atoms with van der Waals surface area (Å²) in [5.41, 5.74) is 0. The zero-order valence-corrected chi connectivity index (χ0v) is 10.1. The molecule has 1 saturated carbocycles. The number of hydrogen-bond donors (Lipinski definition) is 0. The average Bonchev–Trinajstić information content (AvgIpc) is 2.13. The van der Waals surface area contributed by atoms with Gasteiger partial charge in [-0.2, -0.15) is 13.2 Å². The molecule has 1 fully saturated rings. The lowest BCUT2D eigenvalue weighted by Gasteiger charge is -2.27. The van der Waals surface area contributed by atoms with Gasteiger partial charge >= 0.3 is 6.18 Å². The Morgan fingerprint density at radius 2 is 1.87 bits per heavy atom. The maximum absolute atomic E-state index is 11.8. The Balaban J connectivity index is 2.08. The van der Waals surface area contributed by atoms with E-state index in [0.717, 1.165) is 19.3 Å². The molecule has 15 heavy (non-hydrogen) atoms. The molecule has 0 bridgehead atoms. The number of alkyl halides is 4. The van der Waals surface area contributed by atoms with Crippen molar-refractivity contribution in [2.24, 2.45) is 0 Å². The van der Waals surface area contributed by atoms with Crippen molar-refractivity contribution < 1.29 is 17.9 Å². The van der Waals surface area contributed by atoms with Gasteiger partial charge in [-0.05, 0) is 19.3 Å². The van der Waals surface area contributed by atoms with Crippen LogP contribution in [-0.2, 0) is 4.74 Å². The molecule has 0 radical (unpaired) electrons. The molecule has 90 valence electrons. The first-order valence-electron chi connectivity index (χ1n) is 5.31. The van der Waals surface area contributed by atoms with E-state index >= 15 is 0 Å². The van der Waals surface area contributed by atoms with Gasteiger partial charge < -0.3 is 4.74 Å². The van der Waals surface area contributed by atoms with Crippen LogP contribution in [0.25, 0.3) is 0 Å². The Morgan fingerprint density at radius 3 is 2.47 bits per heavy atom. The van der Waals surface area contributed by atoms with Gasteiger partial charge in [-0.1, -0.05) is 28.8 Å². The summed E-state index contributed by atoms with van der Waals surface area (Å²) in [6.07, 6.45) is -0.307. The lowest BCUT2D eigenvalue weighted by atomic mass is 9.97. The van der Waals surface area contributed by atoms with E-state index in [0.29, 0.717) is 4.83 Å². The third-order valence-corrected chi connectivity index (χ3v) is 3.61. The Labute approximate surface area is 96.5 Å². The van der Waals surface area contributed by atoms with Crippen LogP contribution >= 0.6 is 15.9 Å². The van der Waals surface area contributed by atoms with Gasteiger partial charge in [0.2, 0.25) is 0 Å². The van der Waals surface area contributed by atoms with Gasteiger partial charge in [-0.15, -0.1) is 0 Å². The van der Waals surface area contributed by atoms with Crippen molar-refractivity contribution in [1.82, 2.24) is 0 Å². The van der Waals surface area contributed by atoms with Crippen molar-refractivity contribution in [2.75, 3.05) is 6.61 Å². The average molecular weight is 289 g/mol. The van der Waals surface area contributed by atoms with E-state index in [9.17, 15) is 13.2 Å². The van der Waals surface area contributed by atoms with Crippen LogP contribution in [0.4, 0.5) is 13.2 Å². The van der Waals surface area contributed by atoms with Crippen molar-refractivity contribution in [3.63, 3.8) is 0 Å². The van der Waals surface area contributed by atoms with Gasteiger partial charge in [0.05, 0.1) is 6.10 Å². The molecule has 0 amide bonds.